The molecule has 0 radical (unpaired) electrons. The molecule has 0 saturated carbocycles. The number of hydrogen-bond acceptors (Lipinski definition) is 3. The van der Waals surface area contributed by atoms with Gasteiger partial charge in [0.1, 0.15) is 11.6 Å². The minimum absolute atomic E-state index is 0.0217. The molecule has 2 rings (SSSR count). The number of aliphatic imine (C=N–C) groups is 1. The molecule has 0 aromatic heterocycles. The lowest BCUT2D eigenvalue weighted by atomic mass is 9.93. The summed E-state index contributed by atoms with van der Waals surface area (Å²) in [7, 11) is 3.23. The summed E-state index contributed by atoms with van der Waals surface area (Å²) in [5.74, 6) is 0.0799. The second-order valence-electron chi connectivity index (χ2n) is 6.30. The Kier molecular flexibility index (Phi) is 7.75. The van der Waals surface area contributed by atoms with Gasteiger partial charge in [-0.25, -0.2) is 4.39 Å². The smallest absolute Gasteiger partial charge is 0.387 e. The van der Waals surface area contributed by atoms with E-state index in [9.17, 15) is 18.0 Å². The van der Waals surface area contributed by atoms with Crippen molar-refractivity contribution in [1.29, 1.82) is 0 Å². The van der Waals surface area contributed by atoms with Crippen LogP contribution in [0.2, 0.25) is 0 Å². The van der Waals surface area contributed by atoms with Gasteiger partial charge in [0.15, 0.2) is 5.96 Å². The summed E-state index contributed by atoms with van der Waals surface area (Å²) in [5.41, 5.74) is 0.0217. The first-order chi connectivity index (χ1) is 12.9. The van der Waals surface area contributed by atoms with E-state index in [2.05, 4.69) is 20.4 Å². The summed E-state index contributed by atoms with van der Waals surface area (Å²) in [6, 6.07) is 3.82. The Morgan fingerprint density at radius 1 is 1.37 bits per heavy atom. The van der Waals surface area contributed by atoms with Crippen LogP contribution in [0.5, 0.6) is 5.75 Å². The Morgan fingerprint density at radius 2 is 2.07 bits per heavy atom. The maximum Gasteiger partial charge on any atom is 0.387 e. The van der Waals surface area contributed by atoms with E-state index in [0.29, 0.717) is 31.4 Å². The van der Waals surface area contributed by atoms with E-state index in [0.717, 1.165) is 12.8 Å². The van der Waals surface area contributed by atoms with Gasteiger partial charge in [0.05, 0.1) is 0 Å². The molecule has 2 N–H and O–H groups in total. The van der Waals surface area contributed by atoms with Gasteiger partial charge in [-0.15, -0.1) is 0 Å². The number of piperidine rings is 1. The highest BCUT2D eigenvalue weighted by molar-refractivity contribution is 5.80. The molecule has 1 saturated heterocycles. The van der Waals surface area contributed by atoms with Gasteiger partial charge in [-0.3, -0.25) is 9.79 Å². The minimum atomic E-state index is -3.02. The van der Waals surface area contributed by atoms with Crippen LogP contribution in [0.15, 0.2) is 23.2 Å². The van der Waals surface area contributed by atoms with Crippen LogP contribution in [0.4, 0.5) is 13.2 Å². The highest BCUT2D eigenvalue weighted by atomic mass is 19.3. The molecule has 1 heterocycles. The van der Waals surface area contributed by atoms with Crippen molar-refractivity contribution >= 4 is 11.9 Å². The zero-order valence-corrected chi connectivity index (χ0v) is 15.5. The molecule has 1 aromatic carbocycles. The first-order valence-electron chi connectivity index (χ1n) is 8.83. The Morgan fingerprint density at radius 3 is 2.67 bits per heavy atom. The number of hydrogen-bond donors (Lipinski definition) is 2. The molecule has 0 atom stereocenters. The van der Waals surface area contributed by atoms with Gasteiger partial charge in [-0.05, 0) is 30.9 Å². The number of halogens is 3. The lowest BCUT2D eigenvalue weighted by molar-refractivity contribution is -0.121. The van der Waals surface area contributed by atoms with Crippen LogP contribution >= 0.6 is 0 Å². The van der Waals surface area contributed by atoms with Crippen LogP contribution < -0.4 is 15.4 Å². The Bertz CT molecular complexity index is 662. The Balaban J connectivity index is 1.95. The highest BCUT2D eigenvalue weighted by Gasteiger charge is 2.23. The number of carbonyl (C=O) groups is 1. The van der Waals surface area contributed by atoms with Crippen LogP contribution in [0.1, 0.15) is 24.8 Å². The minimum Gasteiger partial charge on any atom is -0.434 e. The Labute approximate surface area is 156 Å². The molecule has 27 heavy (non-hydrogen) atoms. The third-order valence-corrected chi connectivity index (χ3v) is 4.59. The molecule has 6 nitrogen and oxygen atoms in total. The standard InChI is InChI=1S/C18H25F3N4O2/c1-22-16(26)10-12-6-8-25(9-7-12)18(23-2)24-11-13-14(19)4-3-5-15(13)27-17(20)21/h3-5,12,17H,6-11H2,1-2H3,(H,22,26)(H,23,24). The molecule has 1 aliphatic heterocycles. The fourth-order valence-corrected chi connectivity index (χ4v) is 3.13. The van der Waals surface area contributed by atoms with Gasteiger partial charge in [-0.2, -0.15) is 8.78 Å². The molecule has 0 spiro atoms. The van der Waals surface area contributed by atoms with Gasteiger partial charge < -0.3 is 20.3 Å². The summed E-state index contributed by atoms with van der Waals surface area (Å²) in [6.07, 6.45) is 2.18. The van der Waals surface area contributed by atoms with E-state index < -0.39 is 12.4 Å². The van der Waals surface area contributed by atoms with Gasteiger partial charge in [0.25, 0.3) is 0 Å². The van der Waals surface area contributed by atoms with Crippen LogP contribution in [0.25, 0.3) is 0 Å². The Hall–Kier alpha value is -2.45. The molecule has 1 aromatic rings. The topological polar surface area (TPSA) is 66.0 Å². The third kappa shape index (κ3) is 6.04. The average molecular weight is 386 g/mol. The number of benzene rings is 1. The largest absolute Gasteiger partial charge is 0.434 e. The van der Waals surface area contributed by atoms with Crippen molar-refractivity contribution in [3.8, 4) is 5.75 Å². The fourth-order valence-electron chi connectivity index (χ4n) is 3.13. The quantitative estimate of drug-likeness (QED) is 0.582. The predicted octanol–water partition coefficient (Wildman–Crippen LogP) is 2.35. The molecular formula is C18H25F3N4O2. The third-order valence-electron chi connectivity index (χ3n) is 4.59. The molecule has 0 aliphatic carbocycles. The maximum atomic E-state index is 14.0. The number of guanidine groups is 1. The molecule has 150 valence electrons. The van der Waals surface area contributed by atoms with Crippen LogP contribution in [-0.4, -0.2) is 50.6 Å². The van der Waals surface area contributed by atoms with Crippen molar-refractivity contribution in [3.05, 3.63) is 29.6 Å². The van der Waals surface area contributed by atoms with E-state index in [1.807, 2.05) is 4.90 Å². The lowest BCUT2D eigenvalue weighted by Crippen LogP contribution is -2.45. The number of carbonyl (C=O) groups excluding carboxylic acids is 1. The van der Waals surface area contributed by atoms with Crippen LogP contribution in [0.3, 0.4) is 0 Å². The van der Waals surface area contributed by atoms with E-state index in [-0.39, 0.29) is 23.8 Å². The second kappa shape index (κ2) is 10.0. The number of nitrogens with zero attached hydrogens (tertiary/aromatic N) is 2. The normalized spacial score (nSPS) is 15.8. The van der Waals surface area contributed by atoms with E-state index in [1.54, 1.807) is 14.1 Å². The number of alkyl halides is 2. The summed E-state index contributed by atoms with van der Waals surface area (Å²) < 4.78 is 43.5. The van der Waals surface area contributed by atoms with E-state index in [4.69, 9.17) is 0 Å². The number of nitrogens with one attached hydrogen (secondary N) is 2. The summed E-state index contributed by atoms with van der Waals surface area (Å²) >= 11 is 0. The predicted molar refractivity (Wildman–Crippen MR) is 96.2 cm³/mol. The molecular weight excluding hydrogens is 361 g/mol. The fraction of sp³-hybridized carbons (Fsp3) is 0.556. The lowest BCUT2D eigenvalue weighted by Gasteiger charge is -2.34. The van der Waals surface area contributed by atoms with Gasteiger partial charge in [0.2, 0.25) is 5.91 Å². The van der Waals surface area contributed by atoms with Crippen molar-refractivity contribution < 1.29 is 22.7 Å². The summed E-state index contributed by atoms with van der Waals surface area (Å²) in [4.78, 5) is 17.7. The first-order valence-corrected chi connectivity index (χ1v) is 8.83. The van der Waals surface area contributed by atoms with Gasteiger partial charge in [0, 0.05) is 45.7 Å². The van der Waals surface area contributed by atoms with E-state index in [1.165, 1.54) is 18.2 Å². The number of rotatable bonds is 6. The van der Waals surface area contributed by atoms with Crippen molar-refractivity contribution in [1.82, 2.24) is 15.5 Å². The summed E-state index contributed by atoms with van der Waals surface area (Å²) in [5, 5.41) is 5.64. The zero-order chi connectivity index (χ0) is 19.8. The zero-order valence-electron chi connectivity index (χ0n) is 15.5. The van der Waals surface area contributed by atoms with Crippen LogP contribution in [-0.2, 0) is 11.3 Å². The van der Waals surface area contributed by atoms with Crippen molar-refractivity contribution in [2.75, 3.05) is 27.2 Å². The number of amides is 1. The van der Waals surface area contributed by atoms with Crippen molar-refractivity contribution in [2.24, 2.45) is 10.9 Å². The molecule has 0 unspecified atom stereocenters. The molecule has 9 heteroatoms. The summed E-state index contributed by atoms with van der Waals surface area (Å²) in [6.45, 7) is -1.64. The van der Waals surface area contributed by atoms with Crippen molar-refractivity contribution in [3.63, 3.8) is 0 Å². The van der Waals surface area contributed by atoms with Gasteiger partial charge in [-0.1, -0.05) is 6.07 Å². The second-order valence-corrected chi connectivity index (χ2v) is 6.30. The molecule has 0 bridgehead atoms. The molecule has 1 aliphatic rings. The monoisotopic (exact) mass is 386 g/mol. The maximum absolute atomic E-state index is 14.0. The molecule has 1 fully saturated rings. The highest BCUT2D eigenvalue weighted by Crippen LogP contribution is 2.24. The van der Waals surface area contributed by atoms with Crippen molar-refractivity contribution in [2.45, 2.75) is 32.4 Å². The first kappa shape index (κ1) is 20.9. The van der Waals surface area contributed by atoms with E-state index >= 15 is 0 Å². The van der Waals surface area contributed by atoms with Crippen LogP contribution in [0, 0.1) is 11.7 Å². The number of likely N-dealkylation sites (tertiary alicyclic amines) is 1. The number of ether oxygens (including phenoxy) is 1. The SMILES string of the molecule is CN=C(NCc1c(F)cccc1OC(F)F)N1CCC(CC(=O)NC)CC1. The van der Waals surface area contributed by atoms with Gasteiger partial charge >= 0.3 is 6.61 Å². The molecule has 1 amide bonds. The average Bonchev–Trinajstić information content (AvgIpc) is 2.64.